The molecule has 3 rings (SSSR count). The van der Waals surface area contributed by atoms with Gasteiger partial charge in [0.05, 0.1) is 6.04 Å². The third-order valence-corrected chi connectivity index (χ3v) is 3.35. The molecule has 0 saturated carbocycles. The van der Waals surface area contributed by atoms with E-state index in [0.717, 1.165) is 11.1 Å². The molecule has 0 radical (unpaired) electrons. The number of ether oxygens (including phenoxy) is 1. The molecule has 0 aliphatic carbocycles. The van der Waals surface area contributed by atoms with Gasteiger partial charge in [-0.2, -0.15) is 4.98 Å². The highest BCUT2D eigenvalue weighted by Gasteiger charge is 2.17. The van der Waals surface area contributed by atoms with E-state index in [1.807, 2.05) is 31.3 Å². The number of para-hydroxylation sites is 1. The third kappa shape index (κ3) is 2.96. The summed E-state index contributed by atoms with van der Waals surface area (Å²) in [6.07, 6.45) is 2.61. The molecule has 0 spiro atoms. The van der Waals surface area contributed by atoms with Crippen LogP contribution in [0, 0.1) is 0 Å². The maximum absolute atomic E-state index is 6.17. The molecule has 2 heterocycles. The molecule has 0 aliphatic rings. The molecule has 0 amide bonds. The van der Waals surface area contributed by atoms with Gasteiger partial charge >= 0.3 is 0 Å². The van der Waals surface area contributed by atoms with Gasteiger partial charge in [0.25, 0.3) is 0 Å². The fourth-order valence-electron chi connectivity index (χ4n) is 2.29. The summed E-state index contributed by atoms with van der Waals surface area (Å²) in [7, 11) is 0. The van der Waals surface area contributed by atoms with E-state index >= 15 is 0 Å². The predicted octanol–water partition coefficient (Wildman–Crippen LogP) is 2.33. The van der Waals surface area contributed by atoms with Crippen LogP contribution in [0.1, 0.15) is 30.2 Å². The summed E-state index contributed by atoms with van der Waals surface area (Å²) in [6, 6.07) is 7.80. The number of hydrogen-bond acceptors (Lipinski definition) is 5. The van der Waals surface area contributed by atoms with Crippen LogP contribution < -0.4 is 5.73 Å². The number of nitrogens with one attached hydrogen (secondary N) is 1. The second-order valence-corrected chi connectivity index (χ2v) is 4.86. The molecule has 0 aliphatic heterocycles. The molecule has 21 heavy (non-hydrogen) atoms. The van der Waals surface area contributed by atoms with Crippen molar-refractivity contribution in [3.8, 4) is 0 Å². The van der Waals surface area contributed by atoms with Crippen molar-refractivity contribution in [3.63, 3.8) is 0 Å². The maximum Gasteiger partial charge on any atom is 0.243 e. The van der Waals surface area contributed by atoms with Crippen molar-refractivity contribution in [3.05, 3.63) is 47.7 Å². The van der Waals surface area contributed by atoms with Gasteiger partial charge in [-0.25, -0.2) is 0 Å². The monoisotopic (exact) mass is 286 g/mol. The van der Waals surface area contributed by atoms with Crippen molar-refractivity contribution in [2.24, 2.45) is 5.73 Å². The summed E-state index contributed by atoms with van der Waals surface area (Å²) in [5.74, 6) is 0.969. The highest BCUT2D eigenvalue weighted by molar-refractivity contribution is 5.83. The van der Waals surface area contributed by atoms with Gasteiger partial charge in [-0.05, 0) is 25.0 Å². The summed E-state index contributed by atoms with van der Waals surface area (Å²) < 4.78 is 10.5. The number of nitrogens with zero attached hydrogens (tertiary/aromatic N) is 2. The first-order valence-corrected chi connectivity index (χ1v) is 6.98. The minimum Gasteiger partial charge on any atom is -0.374 e. The number of hydrogen-bond donors (Lipinski definition) is 2. The highest BCUT2D eigenvalue weighted by atomic mass is 16.5. The van der Waals surface area contributed by atoms with Gasteiger partial charge in [0.15, 0.2) is 5.82 Å². The normalized spacial score (nSPS) is 12.9. The topological polar surface area (TPSA) is 90.0 Å². The molecule has 0 bridgehead atoms. The Hall–Kier alpha value is -2.18. The van der Waals surface area contributed by atoms with Gasteiger partial charge in [-0.1, -0.05) is 23.4 Å². The van der Waals surface area contributed by atoms with Gasteiger partial charge in [0.1, 0.15) is 6.61 Å². The fraction of sp³-hybridized carbons (Fsp3) is 0.333. The Morgan fingerprint density at radius 1 is 1.38 bits per heavy atom. The molecular weight excluding hydrogens is 268 g/mol. The van der Waals surface area contributed by atoms with Crippen LogP contribution in [0.25, 0.3) is 10.9 Å². The SMILES string of the molecule is CCOCc1noc([C@@H](N)Cc2c[nH]c3ccccc23)n1. The average molecular weight is 286 g/mol. The Balaban J connectivity index is 1.73. The van der Waals surface area contributed by atoms with Gasteiger partial charge in [0, 0.05) is 23.7 Å². The number of aromatic nitrogens is 3. The van der Waals surface area contributed by atoms with Crippen LogP contribution in [0.4, 0.5) is 0 Å². The van der Waals surface area contributed by atoms with E-state index in [1.165, 1.54) is 5.39 Å². The Morgan fingerprint density at radius 3 is 3.10 bits per heavy atom. The third-order valence-electron chi connectivity index (χ3n) is 3.35. The number of nitrogens with two attached hydrogens (primary N) is 1. The molecule has 3 aromatic rings. The zero-order chi connectivity index (χ0) is 14.7. The standard InChI is InChI=1S/C15H18N4O2/c1-2-20-9-14-18-15(21-19-14)12(16)7-10-8-17-13-6-4-3-5-11(10)13/h3-6,8,12,17H,2,7,9,16H2,1H3/t12-/m0/s1. The Bertz CT molecular complexity index is 719. The second-order valence-electron chi connectivity index (χ2n) is 4.86. The minimum atomic E-state index is -0.327. The zero-order valence-corrected chi connectivity index (χ0v) is 11.9. The van der Waals surface area contributed by atoms with E-state index in [-0.39, 0.29) is 6.04 Å². The lowest BCUT2D eigenvalue weighted by Crippen LogP contribution is -2.13. The number of rotatable bonds is 6. The van der Waals surface area contributed by atoms with Crippen LogP contribution in [0.3, 0.4) is 0 Å². The summed E-state index contributed by atoms with van der Waals surface area (Å²) in [4.78, 5) is 7.51. The molecule has 6 nitrogen and oxygen atoms in total. The molecule has 0 unspecified atom stereocenters. The molecule has 3 N–H and O–H groups in total. The Labute approximate surface area is 122 Å². The van der Waals surface area contributed by atoms with Crippen LogP contribution in [-0.4, -0.2) is 21.7 Å². The largest absolute Gasteiger partial charge is 0.374 e. The van der Waals surface area contributed by atoms with Crippen LogP contribution >= 0.6 is 0 Å². The fourth-order valence-corrected chi connectivity index (χ4v) is 2.29. The molecule has 1 aromatic carbocycles. The van der Waals surface area contributed by atoms with Crippen molar-refractivity contribution in [2.75, 3.05) is 6.61 Å². The molecule has 0 saturated heterocycles. The van der Waals surface area contributed by atoms with Crippen molar-refractivity contribution in [1.82, 2.24) is 15.1 Å². The summed E-state index contributed by atoms with van der Waals surface area (Å²) in [5.41, 5.74) is 8.41. The number of fused-ring (bicyclic) bond motifs is 1. The second kappa shape index (κ2) is 6.07. The smallest absolute Gasteiger partial charge is 0.243 e. The first-order valence-electron chi connectivity index (χ1n) is 6.98. The van der Waals surface area contributed by atoms with E-state index in [4.69, 9.17) is 15.0 Å². The lowest BCUT2D eigenvalue weighted by atomic mass is 10.1. The molecule has 2 aromatic heterocycles. The minimum absolute atomic E-state index is 0.327. The first kappa shape index (κ1) is 13.8. The van der Waals surface area contributed by atoms with Gasteiger partial charge < -0.3 is 20.0 Å². The quantitative estimate of drug-likeness (QED) is 0.726. The van der Waals surface area contributed by atoms with Gasteiger partial charge in [-0.15, -0.1) is 0 Å². The predicted molar refractivity (Wildman–Crippen MR) is 78.6 cm³/mol. The first-order chi connectivity index (χ1) is 10.3. The van der Waals surface area contributed by atoms with Gasteiger partial charge in [-0.3, -0.25) is 0 Å². The number of H-pyrrole nitrogens is 1. The molecule has 0 fully saturated rings. The van der Waals surface area contributed by atoms with E-state index in [1.54, 1.807) is 0 Å². The Kier molecular flexibility index (Phi) is 3.98. The molecular formula is C15H18N4O2. The molecule has 110 valence electrons. The van der Waals surface area contributed by atoms with Crippen LogP contribution in [-0.2, 0) is 17.8 Å². The van der Waals surface area contributed by atoms with Crippen molar-refractivity contribution >= 4 is 10.9 Å². The van der Waals surface area contributed by atoms with E-state index in [0.29, 0.717) is 31.3 Å². The summed E-state index contributed by atoms with van der Waals surface area (Å²) in [6.45, 7) is 2.88. The van der Waals surface area contributed by atoms with Crippen LogP contribution in [0.2, 0.25) is 0 Å². The summed E-state index contributed by atoms with van der Waals surface area (Å²) in [5, 5.41) is 5.04. The van der Waals surface area contributed by atoms with Crippen molar-refractivity contribution in [1.29, 1.82) is 0 Å². The van der Waals surface area contributed by atoms with E-state index in [2.05, 4.69) is 21.2 Å². The number of aromatic amines is 1. The zero-order valence-electron chi connectivity index (χ0n) is 11.9. The van der Waals surface area contributed by atoms with Crippen molar-refractivity contribution < 1.29 is 9.26 Å². The maximum atomic E-state index is 6.17. The average Bonchev–Trinajstić information content (AvgIpc) is 3.13. The highest BCUT2D eigenvalue weighted by Crippen LogP contribution is 2.22. The van der Waals surface area contributed by atoms with E-state index in [9.17, 15) is 0 Å². The lowest BCUT2D eigenvalue weighted by Gasteiger charge is -2.05. The van der Waals surface area contributed by atoms with E-state index < -0.39 is 0 Å². The van der Waals surface area contributed by atoms with Crippen LogP contribution in [0.5, 0.6) is 0 Å². The van der Waals surface area contributed by atoms with Crippen LogP contribution in [0.15, 0.2) is 35.0 Å². The summed E-state index contributed by atoms with van der Waals surface area (Å²) >= 11 is 0. The molecule has 1 atom stereocenters. The lowest BCUT2D eigenvalue weighted by molar-refractivity contribution is 0.126. The van der Waals surface area contributed by atoms with Crippen molar-refractivity contribution in [2.45, 2.75) is 26.0 Å². The van der Waals surface area contributed by atoms with Gasteiger partial charge in [0.2, 0.25) is 5.89 Å². The number of benzene rings is 1. The molecule has 6 heteroatoms. The Morgan fingerprint density at radius 2 is 2.24 bits per heavy atom.